The van der Waals surface area contributed by atoms with Crippen molar-refractivity contribution in [2.75, 3.05) is 6.61 Å². The van der Waals surface area contributed by atoms with Crippen molar-refractivity contribution in [3.8, 4) is 0 Å². The number of aromatic nitrogens is 2. The molecule has 0 radical (unpaired) electrons. The predicted molar refractivity (Wildman–Crippen MR) is 58.5 cm³/mol. The zero-order valence-corrected chi connectivity index (χ0v) is 9.20. The van der Waals surface area contributed by atoms with Crippen molar-refractivity contribution in [3.63, 3.8) is 0 Å². The number of ether oxygens (including phenoxy) is 1. The molecule has 1 atom stereocenters. The lowest BCUT2D eigenvalue weighted by atomic mass is 10.2. The normalized spacial score (nSPS) is 20.9. The smallest absolute Gasteiger partial charge is 0.224 e. The summed E-state index contributed by atoms with van der Waals surface area (Å²) < 4.78 is 34.2. The van der Waals surface area contributed by atoms with Gasteiger partial charge >= 0.3 is 0 Å². The van der Waals surface area contributed by atoms with Crippen LogP contribution in [-0.2, 0) is 4.74 Å². The quantitative estimate of drug-likeness (QED) is 0.763. The molecule has 3 rings (SSSR count). The van der Waals surface area contributed by atoms with E-state index in [1.165, 1.54) is 12.1 Å². The Hall–Kier alpha value is -1.49. The maximum atomic E-state index is 14.1. The van der Waals surface area contributed by atoms with E-state index in [0.717, 1.165) is 17.5 Å². The minimum Gasteiger partial charge on any atom is -0.356 e. The van der Waals surface area contributed by atoms with Gasteiger partial charge in [0.25, 0.3) is 0 Å². The van der Waals surface area contributed by atoms with Crippen molar-refractivity contribution < 1.29 is 13.5 Å². The Balaban J connectivity index is 2.10. The molecule has 3 nitrogen and oxygen atoms in total. The van der Waals surface area contributed by atoms with Crippen molar-refractivity contribution in [2.24, 2.45) is 0 Å². The Labute approximate surface area is 97.0 Å². The molecule has 0 aliphatic carbocycles. The highest BCUT2D eigenvalue weighted by Gasteiger charge is 2.23. The van der Waals surface area contributed by atoms with E-state index in [1.54, 1.807) is 6.07 Å². The molecule has 0 spiro atoms. The van der Waals surface area contributed by atoms with Crippen LogP contribution in [0.2, 0.25) is 0 Å². The van der Waals surface area contributed by atoms with Crippen molar-refractivity contribution >= 4 is 10.9 Å². The Morgan fingerprint density at radius 3 is 2.88 bits per heavy atom. The maximum Gasteiger partial charge on any atom is 0.224 e. The fraction of sp³-hybridized carbons (Fsp3) is 0.417. The number of halogens is 2. The van der Waals surface area contributed by atoms with Crippen molar-refractivity contribution in [1.29, 1.82) is 0 Å². The standard InChI is InChI=1S/C12H12F2N2O/c13-8-4-3-5-9-11(8)12(14)16(15-9)10-6-1-2-7-17-10/h3-5,10H,1-2,6-7H2. The Bertz CT molecular complexity index is 547. The largest absolute Gasteiger partial charge is 0.356 e. The van der Waals surface area contributed by atoms with Gasteiger partial charge in [-0.25, -0.2) is 9.07 Å². The second-order valence-electron chi connectivity index (χ2n) is 4.19. The molecule has 2 aromatic rings. The van der Waals surface area contributed by atoms with Gasteiger partial charge < -0.3 is 4.74 Å². The fourth-order valence-corrected chi connectivity index (χ4v) is 2.18. The molecule has 1 aromatic carbocycles. The molecular formula is C12H12F2N2O. The fourth-order valence-electron chi connectivity index (χ4n) is 2.18. The number of nitrogens with zero attached hydrogens (tertiary/aromatic N) is 2. The molecule has 0 bridgehead atoms. The topological polar surface area (TPSA) is 27.1 Å². The van der Waals surface area contributed by atoms with E-state index in [-0.39, 0.29) is 5.39 Å². The van der Waals surface area contributed by atoms with E-state index in [9.17, 15) is 8.78 Å². The number of rotatable bonds is 1. The lowest BCUT2D eigenvalue weighted by Gasteiger charge is -2.22. The highest BCUT2D eigenvalue weighted by molar-refractivity contribution is 5.79. The molecule has 90 valence electrons. The third-order valence-corrected chi connectivity index (χ3v) is 3.04. The molecule has 1 aliphatic rings. The summed E-state index contributed by atoms with van der Waals surface area (Å²) in [6, 6.07) is 4.36. The zero-order chi connectivity index (χ0) is 11.8. The van der Waals surface area contributed by atoms with Crippen LogP contribution in [-0.4, -0.2) is 16.4 Å². The van der Waals surface area contributed by atoms with Gasteiger partial charge in [-0.3, -0.25) is 0 Å². The van der Waals surface area contributed by atoms with Crippen LogP contribution >= 0.6 is 0 Å². The van der Waals surface area contributed by atoms with Gasteiger partial charge in [0.1, 0.15) is 5.82 Å². The zero-order valence-electron chi connectivity index (χ0n) is 9.20. The van der Waals surface area contributed by atoms with Gasteiger partial charge in [-0.2, -0.15) is 9.49 Å². The van der Waals surface area contributed by atoms with Crippen LogP contribution in [0, 0.1) is 11.8 Å². The van der Waals surface area contributed by atoms with Gasteiger partial charge in [0.15, 0.2) is 6.23 Å². The van der Waals surface area contributed by atoms with Gasteiger partial charge in [0.2, 0.25) is 5.95 Å². The monoisotopic (exact) mass is 238 g/mol. The lowest BCUT2D eigenvalue weighted by Crippen LogP contribution is -2.20. The highest BCUT2D eigenvalue weighted by atomic mass is 19.1. The van der Waals surface area contributed by atoms with Crippen LogP contribution in [0.4, 0.5) is 8.78 Å². The summed E-state index contributed by atoms with van der Waals surface area (Å²) >= 11 is 0. The molecule has 2 heterocycles. The van der Waals surface area contributed by atoms with Crippen molar-refractivity contribution in [3.05, 3.63) is 30.0 Å². The first kappa shape index (κ1) is 10.7. The van der Waals surface area contributed by atoms with Crippen LogP contribution in [0.3, 0.4) is 0 Å². The van der Waals surface area contributed by atoms with E-state index in [2.05, 4.69) is 5.10 Å². The molecule has 5 heteroatoms. The first-order valence-corrected chi connectivity index (χ1v) is 5.71. The molecule has 1 aliphatic heterocycles. The van der Waals surface area contributed by atoms with Gasteiger partial charge in [-0.15, -0.1) is 0 Å². The summed E-state index contributed by atoms with van der Waals surface area (Å²) in [5, 5.41) is 4.02. The summed E-state index contributed by atoms with van der Waals surface area (Å²) in [5.74, 6) is -1.23. The van der Waals surface area contributed by atoms with Crippen LogP contribution in [0.1, 0.15) is 25.5 Å². The van der Waals surface area contributed by atoms with E-state index in [0.29, 0.717) is 18.5 Å². The first-order chi connectivity index (χ1) is 8.27. The minimum atomic E-state index is -0.648. The third kappa shape index (κ3) is 1.70. The second-order valence-corrected chi connectivity index (χ2v) is 4.19. The molecular weight excluding hydrogens is 226 g/mol. The minimum absolute atomic E-state index is 0.0540. The van der Waals surface area contributed by atoms with Crippen molar-refractivity contribution in [1.82, 2.24) is 9.78 Å². The molecule has 1 saturated heterocycles. The summed E-state index contributed by atoms with van der Waals surface area (Å²) in [5.41, 5.74) is 0.330. The van der Waals surface area contributed by atoms with Gasteiger partial charge in [-0.1, -0.05) is 6.07 Å². The number of hydrogen-bond acceptors (Lipinski definition) is 2. The SMILES string of the molecule is Fc1cccc2nn(C3CCCCO3)c(F)c12. The summed E-state index contributed by atoms with van der Waals surface area (Å²) in [6.07, 6.45) is 2.26. The Kier molecular flexibility index (Phi) is 2.55. The van der Waals surface area contributed by atoms with Crippen LogP contribution in [0.15, 0.2) is 18.2 Å². The van der Waals surface area contributed by atoms with E-state index < -0.39 is 18.0 Å². The van der Waals surface area contributed by atoms with E-state index >= 15 is 0 Å². The number of benzene rings is 1. The predicted octanol–water partition coefficient (Wildman–Crippen LogP) is 3.01. The molecule has 0 amide bonds. The van der Waals surface area contributed by atoms with E-state index in [1.807, 2.05) is 0 Å². The average Bonchev–Trinajstić information content (AvgIpc) is 2.69. The Morgan fingerprint density at radius 1 is 1.29 bits per heavy atom. The van der Waals surface area contributed by atoms with Crippen LogP contribution in [0.25, 0.3) is 10.9 Å². The third-order valence-electron chi connectivity index (χ3n) is 3.04. The summed E-state index contributed by atoms with van der Waals surface area (Å²) in [4.78, 5) is 0. The molecule has 1 aromatic heterocycles. The molecule has 1 fully saturated rings. The summed E-state index contributed by atoms with van der Waals surface area (Å²) in [6.45, 7) is 0.600. The average molecular weight is 238 g/mol. The molecule has 0 saturated carbocycles. The van der Waals surface area contributed by atoms with Gasteiger partial charge in [-0.05, 0) is 31.4 Å². The van der Waals surface area contributed by atoms with E-state index in [4.69, 9.17) is 4.74 Å². The molecule has 17 heavy (non-hydrogen) atoms. The van der Waals surface area contributed by atoms with Crippen molar-refractivity contribution in [2.45, 2.75) is 25.5 Å². The molecule has 0 N–H and O–H groups in total. The Morgan fingerprint density at radius 2 is 2.18 bits per heavy atom. The summed E-state index contributed by atoms with van der Waals surface area (Å²) in [7, 11) is 0. The highest BCUT2D eigenvalue weighted by Crippen LogP contribution is 2.27. The van der Waals surface area contributed by atoms with Crippen LogP contribution < -0.4 is 0 Å². The van der Waals surface area contributed by atoms with Crippen LogP contribution in [0.5, 0.6) is 0 Å². The second kappa shape index (κ2) is 4.07. The molecule has 1 unspecified atom stereocenters. The van der Waals surface area contributed by atoms with Gasteiger partial charge in [0.05, 0.1) is 10.9 Å². The first-order valence-electron chi connectivity index (χ1n) is 5.71. The van der Waals surface area contributed by atoms with Gasteiger partial charge in [0, 0.05) is 6.61 Å². The maximum absolute atomic E-state index is 14.1. The number of hydrogen-bond donors (Lipinski definition) is 0. The number of fused-ring (bicyclic) bond motifs is 1. The lowest BCUT2D eigenvalue weighted by molar-refractivity contribution is -0.0453.